The van der Waals surface area contributed by atoms with Crippen molar-refractivity contribution in [3.05, 3.63) is 24.0 Å². The average Bonchev–Trinajstić information content (AvgIpc) is 3.99. The molecular weight excluding hydrogens is 1050 g/mol. The molecule has 5 amide bonds. The summed E-state index contributed by atoms with van der Waals surface area (Å²) in [6.45, 7) is 2.10. The van der Waals surface area contributed by atoms with Crippen molar-refractivity contribution in [2.75, 3.05) is 92.1 Å². The van der Waals surface area contributed by atoms with E-state index in [4.69, 9.17) is 29.8 Å². The highest BCUT2D eigenvalue weighted by atomic mass is 16.5. The lowest BCUT2D eigenvalue weighted by Crippen LogP contribution is -2.50. The van der Waals surface area contributed by atoms with Gasteiger partial charge in [-0.15, -0.1) is 0 Å². The van der Waals surface area contributed by atoms with Gasteiger partial charge in [0.05, 0.1) is 70.9 Å². The predicted octanol–water partition coefficient (Wildman–Crippen LogP) is 2.95. The Balaban J connectivity index is 1.42. The fourth-order valence-corrected chi connectivity index (χ4v) is 9.13. The number of allylic oxidation sites excluding steroid dienone is 3. The Morgan fingerprint density at radius 3 is 1.65 bits per heavy atom. The molecule has 3 unspecified atom stereocenters. The Bertz CT molecular complexity index is 1900. The lowest BCUT2D eigenvalue weighted by Gasteiger charge is -2.23. The van der Waals surface area contributed by atoms with E-state index in [1.54, 1.807) is 18.2 Å². The van der Waals surface area contributed by atoms with Gasteiger partial charge in [-0.3, -0.25) is 43.7 Å². The number of Topliss-reactive ketones (excluding diaryl/α,β-unsaturated/α-hetero) is 2. The van der Waals surface area contributed by atoms with Crippen LogP contribution in [0.15, 0.2) is 24.0 Å². The van der Waals surface area contributed by atoms with E-state index in [0.717, 1.165) is 64.3 Å². The van der Waals surface area contributed by atoms with E-state index in [-0.39, 0.29) is 158 Å². The largest absolute Gasteiger partial charge is 0.508 e. The number of nitrogens with two attached hydrogens (primary N) is 1. The van der Waals surface area contributed by atoms with E-state index in [1.165, 1.54) is 38.5 Å². The molecule has 462 valence electrons. The molecule has 0 saturated carbocycles. The molecule has 1 aliphatic heterocycles. The van der Waals surface area contributed by atoms with Gasteiger partial charge >= 0.3 is 11.9 Å². The number of unbranched alkanes of at least 4 members (excludes halogenated alkanes) is 14. The minimum atomic E-state index is -1.20. The molecule has 2 rings (SSSR count). The molecule has 12 N–H and O–H groups in total. The van der Waals surface area contributed by atoms with Crippen molar-refractivity contribution >= 4 is 53.0 Å². The molecule has 0 spiro atoms. The molecule has 81 heavy (non-hydrogen) atoms. The summed E-state index contributed by atoms with van der Waals surface area (Å²) >= 11 is 0. The maximum atomic E-state index is 13.4. The highest BCUT2D eigenvalue weighted by molar-refractivity contribution is 5.90. The first kappa shape index (κ1) is 71.7. The zero-order valence-corrected chi connectivity index (χ0v) is 47.9. The number of ketones is 2. The number of carbonyl (C=O) groups excluding carboxylic acids is 7. The van der Waals surface area contributed by atoms with Crippen molar-refractivity contribution < 1.29 is 77.4 Å². The van der Waals surface area contributed by atoms with Gasteiger partial charge in [0.2, 0.25) is 29.5 Å². The molecule has 2 aliphatic rings. The van der Waals surface area contributed by atoms with E-state index >= 15 is 0 Å². The van der Waals surface area contributed by atoms with Crippen molar-refractivity contribution in [3.8, 4) is 0 Å². The van der Waals surface area contributed by atoms with Gasteiger partial charge in [-0.05, 0) is 88.8 Å². The fraction of sp³-hybridized carbons (Fsp3) is 0.772. The van der Waals surface area contributed by atoms with Gasteiger partial charge in [0.1, 0.15) is 25.0 Å². The van der Waals surface area contributed by atoms with Crippen LogP contribution >= 0.6 is 0 Å². The topological polar surface area (TPSA) is 361 Å². The van der Waals surface area contributed by atoms with Gasteiger partial charge in [0, 0.05) is 38.9 Å². The molecule has 0 aromatic carbocycles. The molecule has 24 nitrogen and oxygen atoms in total. The number of hydrogen-bond donors (Lipinski definition) is 11. The van der Waals surface area contributed by atoms with E-state index in [1.807, 2.05) is 0 Å². The summed E-state index contributed by atoms with van der Waals surface area (Å²) in [7, 11) is 0. The van der Waals surface area contributed by atoms with Gasteiger partial charge in [0.15, 0.2) is 11.6 Å². The number of hydrogen-bond acceptors (Lipinski definition) is 17. The third-order valence-corrected chi connectivity index (χ3v) is 13.9. The van der Waals surface area contributed by atoms with Crippen LogP contribution in [0.3, 0.4) is 0 Å². The summed E-state index contributed by atoms with van der Waals surface area (Å²) in [5.41, 5.74) is 5.63. The molecule has 1 fully saturated rings. The summed E-state index contributed by atoms with van der Waals surface area (Å²) < 4.78 is 21.6. The van der Waals surface area contributed by atoms with Crippen LogP contribution in [0.25, 0.3) is 0 Å². The molecule has 5 atom stereocenters. The Labute approximate surface area is 478 Å². The summed E-state index contributed by atoms with van der Waals surface area (Å²) in [6.07, 6.45) is 24.4. The standard InChI is InChI=1S/C57H98N8O16/c58-56(75)48(38-43-22-24-44(66)25-23-43)64-40-50(68)46(63-39-49(67)45-19-17-29-59-45)18-15-16-28-60-53(71)41-80-36-35-79-33-31-62-54(72)42-81-37-34-78-32-30-61-51(69)27-26-47(57(76)77)65-52(70)20-13-11-9-7-5-3-1-2-4-6-8-10-12-14-21-55(73)74/h22,24-25,43,45-48,59,63-64,66H,1-21,23,26-42H2,(H2,58,75)(H,60,71)(H,61,69)(H,62,72)(H,65,70)(H,73,74)(H,76,77)/t43?,45-,46?,47?,48-/m0/s1. The van der Waals surface area contributed by atoms with Crippen LogP contribution in [0.1, 0.15) is 161 Å². The first-order valence-electron chi connectivity index (χ1n) is 29.6. The minimum absolute atomic E-state index is 0.0197. The molecule has 0 bridgehead atoms. The third-order valence-electron chi connectivity index (χ3n) is 13.9. The number of nitrogens with one attached hydrogen (secondary N) is 7. The van der Waals surface area contributed by atoms with Crippen molar-refractivity contribution in [2.45, 2.75) is 185 Å². The molecule has 1 saturated heterocycles. The number of rotatable bonds is 54. The highest BCUT2D eigenvalue weighted by Gasteiger charge is 2.27. The first-order valence-corrected chi connectivity index (χ1v) is 29.6. The molecule has 24 heteroatoms. The summed E-state index contributed by atoms with van der Waals surface area (Å²) in [6, 6.07) is -2.82. The van der Waals surface area contributed by atoms with Gasteiger partial charge in [0.25, 0.3) is 0 Å². The SMILES string of the molecule is NC(=O)[C@H](CC1C=CC(O)=CC1)NCC(=O)C(CCCCNC(=O)COCCOCCNC(=O)COCCOCCNC(=O)CCC(NC(=O)CCCCCCCCCCCCCCCCC(=O)O)C(=O)O)NCC(=O)[C@@H]1CCCN1. The molecule has 1 aliphatic carbocycles. The lowest BCUT2D eigenvalue weighted by molar-refractivity contribution is -0.142. The Morgan fingerprint density at radius 2 is 1.12 bits per heavy atom. The molecule has 0 aromatic rings. The summed E-state index contributed by atoms with van der Waals surface area (Å²) in [5, 5.41) is 47.8. The Kier molecular flexibility index (Phi) is 41.8. The van der Waals surface area contributed by atoms with E-state index in [9.17, 15) is 53.4 Å². The van der Waals surface area contributed by atoms with Crippen molar-refractivity contribution in [1.29, 1.82) is 0 Å². The van der Waals surface area contributed by atoms with Crippen LogP contribution in [-0.4, -0.2) is 185 Å². The third kappa shape index (κ3) is 39.7. The van der Waals surface area contributed by atoms with Crippen LogP contribution < -0.4 is 43.0 Å². The second-order valence-corrected chi connectivity index (χ2v) is 20.8. The lowest BCUT2D eigenvalue weighted by atomic mass is 9.92. The van der Waals surface area contributed by atoms with E-state index in [0.29, 0.717) is 45.1 Å². The number of carboxylic acid groups (broad SMARTS) is 2. The zero-order valence-electron chi connectivity index (χ0n) is 47.9. The number of aliphatic carboxylic acids is 2. The molecule has 0 radical (unpaired) electrons. The maximum Gasteiger partial charge on any atom is 0.326 e. The quantitative estimate of drug-likeness (QED) is 0.0390. The monoisotopic (exact) mass is 1150 g/mol. The minimum Gasteiger partial charge on any atom is -0.508 e. The van der Waals surface area contributed by atoms with E-state index in [2.05, 4.69) is 37.2 Å². The van der Waals surface area contributed by atoms with Gasteiger partial charge in [-0.25, -0.2) is 4.79 Å². The first-order chi connectivity index (χ1) is 39.1. The van der Waals surface area contributed by atoms with Crippen molar-refractivity contribution in [1.82, 2.24) is 37.2 Å². The van der Waals surface area contributed by atoms with Crippen molar-refractivity contribution in [2.24, 2.45) is 11.7 Å². The normalized spacial score (nSPS) is 16.0. The van der Waals surface area contributed by atoms with Gasteiger partial charge in [-0.1, -0.05) is 83.1 Å². The number of aliphatic hydroxyl groups excluding tert-OH is 1. The highest BCUT2D eigenvalue weighted by Crippen LogP contribution is 2.20. The second kappa shape index (κ2) is 47.2. The number of carboxylic acids is 2. The number of amides is 5. The van der Waals surface area contributed by atoms with Gasteiger partial charge in [-0.2, -0.15) is 0 Å². The summed E-state index contributed by atoms with van der Waals surface area (Å²) in [4.78, 5) is 110. The molecular formula is C57H98N8O16. The van der Waals surface area contributed by atoms with E-state index < -0.39 is 36.0 Å². The van der Waals surface area contributed by atoms with Crippen LogP contribution in [0.5, 0.6) is 0 Å². The zero-order chi connectivity index (χ0) is 59.1. The molecule has 1 heterocycles. The number of carbonyl (C=O) groups is 9. The predicted molar refractivity (Wildman–Crippen MR) is 303 cm³/mol. The van der Waals surface area contributed by atoms with Crippen LogP contribution in [0.2, 0.25) is 0 Å². The van der Waals surface area contributed by atoms with Crippen LogP contribution in [-0.2, 0) is 62.1 Å². The summed E-state index contributed by atoms with van der Waals surface area (Å²) in [5.74, 6) is -3.99. The molecule has 0 aromatic heterocycles. The maximum absolute atomic E-state index is 13.4. The number of primary amides is 1. The number of ether oxygens (including phenoxy) is 4. The fourth-order valence-electron chi connectivity index (χ4n) is 9.13. The average molecular weight is 1150 g/mol. The Hall–Kier alpha value is -5.37. The van der Waals surface area contributed by atoms with Crippen LogP contribution in [0, 0.1) is 5.92 Å². The Morgan fingerprint density at radius 1 is 0.580 bits per heavy atom. The smallest absolute Gasteiger partial charge is 0.326 e. The van der Waals surface area contributed by atoms with Crippen molar-refractivity contribution in [3.63, 3.8) is 0 Å². The van der Waals surface area contributed by atoms with Crippen LogP contribution in [0.4, 0.5) is 0 Å². The number of aliphatic hydroxyl groups is 1. The van der Waals surface area contributed by atoms with Gasteiger partial charge < -0.3 is 71.9 Å². The second-order valence-electron chi connectivity index (χ2n) is 20.8.